The molecule has 0 fully saturated rings. The third kappa shape index (κ3) is 4.03. The fraction of sp³-hybridized carbons (Fsp3) is 0.417. The molecule has 1 unspecified atom stereocenters. The maximum absolute atomic E-state index is 11.9. The second kappa shape index (κ2) is 6.85. The molecule has 0 heterocycles. The number of carbonyl (C=O) groups is 1. The zero-order chi connectivity index (χ0) is 12.7. The van der Waals surface area contributed by atoms with Crippen LogP contribution in [-0.2, 0) is 16.0 Å². The van der Waals surface area contributed by atoms with Crippen LogP contribution in [0.25, 0.3) is 0 Å². The molecule has 0 saturated heterocycles. The first kappa shape index (κ1) is 13.4. The molecule has 0 saturated carbocycles. The van der Waals surface area contributed by atoms with Gasteiger partial charge in [-0.1, -0.05) is 12.1 Å². The molecule has 1 rings (SSSR count). The highest BCUT2D eigenvalue weighted by Gasteiger charge is 2.16. The summed E-state index contributed by atoms with van der Waals surface area (Å²) in [4.78, 5) is 11.4. The summed E-state index contributed by atoms with van der Waals surface area (Å²) in [5, 5.41) is 2.88. The van der Waals surface area contributed by atoms with Crippen LogP contribution in [0.5, 0.6) is 5.75 Å². The monoisotopic (exact) mass is 240 g/mol. The average Bonchev–Trinajstić information content (AvgIpc) is 2.37. The highest BCUT2D eigenvalue weighted by molar-refractivity contribution is 5.76. The van der Waals surface area contributed by atoms with E-state index in [4.69, 9.17) is 0 Å². The van der Waals surface area contributed by atoms with Crippen LogP contribution in [0.3, 0.4) is 0 Å². The Balaban J connectivity index is 2.64. The van der Waals surface area contributed by atoms with Crippen molar-refractivity contribution in [1.29, 1.82) is 0 Å². The van der Waals surface area contributed by atoms with Gasteiger partial charge in [-0.2, -0.15) is 0 Å². The van der Waals surface area contributed by atoms with E-state index in [1.165, 1.54) is 7.11 Å². The fourth-order valence-corrected chi connectivity index (χ4v) is 1.47. The fourth-order valence-electron chi connectivity index (χ4n) is 1.47. The van der Waals surface area contributed by atoms with Crippen molar-refractivity contribution in [1.82, 2.24) is 5.32 Å². The third-order valence-corrected chi connectivity index (χ3v) is 2.42. The van der Waals surface area contributed by atoms with E-state index < -0.39 is 6.86 Å². The Hall–Kier alpha value is -1.62. The molecule has 5 heteroatoms. The van der Waals surface area contributed by atoms with Crippen molar-refractivity contribution in [2.24, 2.45) is 0 Å². The largest absolute Gasteiger partial charge is 0.468 e. The number of rotatable bonds is 6. The number of benzene rings is 1. The van der Waals surface area contributed by atoms with Crippen LogP contribution in [0.15, 0.2) is 24.3 Å². The van der Waals surface area contributed by atoms with Crippen molar-refractivity contribution in [2.45, 2.75) is 12.5 Å². The van der Waals surface area contributed by atoms with Gasteiger partial charge in [-0.15, -0.1) is 0 Å². The quantitative estimate of drug-likeness (QED) is 0.761. The predicted molar refractivity (Wildman–Crippen MR) is 61.6 cm³/mol. The van der Waals surface area contributed by atoms with Gasteiger partial charge in [-0.05, 0) is 31.2 Å². The number of alkyl halides is 1. The van der Waals surface area contributed by atoms with Crippen LogP contribution in [-0.4, -0.2) is 33.0 Å². The number of methoxy groups -OCH3 is 1. The molecule has 1 N–H and O–H groups in total. The van der Waals surface area contributed by atoms with E-state index in [9.17, 15) is 9.18 Å². The molecule has 0 aliphatic heterocycles. The molecule has 17 heavy (non-hydrogen) atoms. The van der Waals surface area contributed by atoms with Gasteiger partial charge in [0.05, 0.1) is 7.11 Å². The lowest BCUT2D eigenvalue weighted by molar-refractivity contribution is -0.142. The van der Waals surface area contributed by atoms with Crippen LogP contribution < -0.4 is 10.1 Å². The molecule has 0 aromatic heterocycles. The van der Waals surface area contributed by atoms with Gasteiger partial charge in [0.2, 0.25) is 6.86 Å². The van der Waals surface area contributed by atoms with Crippen molar-refractivity contribution in [2.75, 3.05) is 21.0 Å². The van der Waals surface area contributed by atoms with Crippen molar-refractivity contribution < 1.29 is 18.7 Å². The van der Waals surface area contributed by atoms with Gasteiger partial charge in [-0.3, -0.25) is 4.79 Å². The number of likely N-dealkylation sites (N-methyl/N-ethyl adjacent to an activating group) is 1. The summed E-state index contributed by atoms with van der Waals surface area (Å²) in [6, 6.07) is 6.53. The van der Waals surface area contributed by atoms with E-state index in [1.807, 2.05) is 0 Å². The molecule has 0 aliphatic rings. The molecule has 0 radical (unpaired) electrons. The van der Waals surface area contributed by atoms with E-state index in [2.05, 4.69) is 14.8 Å². The molecule has 1 atom stereocenters. The Morgan fingerprint density at radius 1 is 1.41 bits per heavy atom. The summed E-state index contributed by atoms with van der Waals surface area (Å²) in [6.07, 6.45) is 0.513. The van der Waals surface area contributed by atoms with Gasteiger partial charge in [0.1, 0.15) is 11.8 Å². The van der Waals surface area contributed by atoms with Crippen LogP contribution in [0.2, 0.25) is 0 Å². The van der Waals surface area contributed by atoms with E-state index >= 15 is 0 Å². The normalized spacial score (nSPS) is 11.9. The SMILES string of the molecule is CNC(Cc1ccc(OC[18F])cc1)C(=O)OC. The minimum Gasteiger partial charge on any atom is -0.468 e. The number of hydrogen-bond donors (Lipinski definition) is 1. The first-order valence-corrected chi connectivity index (χ1v) is 5.24. The van der Waals surface area contributed by atoms with Crippen LogP contribution in [0, 0.1) is 0 Å². The molecular weight excluding hydrogens is 224 g/mol. The van der Waals surface area contributed by atoms with Gasteiger partial charge < -0.3 is 14.8 Å². The summed E-state index contributed by atoms with van der Waals surface area (Å²) in [5.41, 5.74) is 0.945. The molecule has 0 bridgehead atoms. The van der Waals surface area contributed by atoms with Crippen molar-refractivity contribution in [3.8, 4) is 5.75 Å². The van der Waals surface area contributed by atoms with E-state index in [0.717, 1.165) is 5.56 Å². The zero-order valence-electron chi connectivity index (χ0n) is 9.90. The highest BCUT2D eigenvalue weighted by atomic mass is 18.2. The first-order chi connectivity index (χ1) is 8.21. The van der Waals surface area contributed by atoms with Crippen molar-refractivity contribution in [3.05, 3.63) is 29.8 Å². The standard InChI is InChI=1S/C12H16FNO3/c1-14-11(12(15)16-2)7-9-3-5-10(6-4-9)17-8-13/h3-6,11,14H,7-8H2,1-2H3/i13-1. The van der Waals surface area contributed by atoms with E-state index in [1.54, 1.807) is 31.3 Å². The lowest BCUT2D eigenvalue weighted by atomic mass is 10.1. The summed E-state index contributed by atoms with van der Waals surface area (Å²) >= 11 is 0. The Bertz CT molecular complexity index is 353. The Morgan fingerprint density at radius 3 is 2.53 bits per heavy atom. The Kier molecular flexibility index (Phi) is 5.42. The van der Waals surface area contributed by atoms with Gasteiger partial charge >= 0.3 is 5.97 Å². The topological polar surface area (TPSA) is 47.6 Å². The molecule has 4 nitrogen and oxygen atoms in total. The summed E-state index contributed by atoms with van der Waals surface area (Å²) in [7, 11) is 3.05. The third-order valence-electron chi connectivity index (χ3n) is 2.42. The van der Waals surface area contributed by atoms with Gasteiger partial charge in [0.15, 0.2) is 0 Å². The molecule has 94 valence electrons. The highest BCUT2D eigenvalue weighted by Crippen LogP contribution is 2.13. The zero-order valence-corrected chi connectivity index (χ0v) is 9.90. The summed E-state index contributed by atoms with van der Waals surface area (Å²) in [6.45, 7) is -0.847. The molecule has 0 aliphatic carbocycles. The molecular formula is C12H16FNO3. The van der Waals surface area contributed by atoms with Gasteiger partial charge in [0, 0.05) is 0 Å². The predicted octanol–water partition coefficient (Wildman–Crippen LogP) is 1.30. The Labute approximate surface area is 99.7 Å². The summed E-state index contributed by atoms with van der Waals surface area (Å²) < 4.78 is 21.3. The number of esters is 1. The summed E-state index contributed by atoms with van der Waals surface area (Å²) in [5.74, 6) is 0.159. The van der Waals surface area contributed by atoms with Crippen LogP contribution in [0.1, 0.15) is 5.56 Å². The van der Waals surface area contributed by atoms with Gasteiger partial charge in [0.25, 0.3) is 0 Å². The van der Waals surface area contributed by atoms with E-state index in [-0.39, 0.29) is 12.0 Å². The Morgan fingerprint density at radius 2 is 2.06 bits per heavy atom. The van der Waals surface area contributed by atoms with E-state index in [0.29, 0.717) is 12.2 Å². The number of halogens is 1. The van der Waals surface area contributed by atoms with Crippen LogP contribution >= 0.6 is 0 Å². The molecule has 0 amide bonds. The smallest absolute Gasteiger partial charge is 0.323 e. The minimum absolute atomic E-state index is 0.309. The second-order valence-corrected chi connectivity index (χ2v) is 3.47. The maximum atomic E-state index is 11.9. The minimum atomic E-state index is -0.847. The molecule has 1 aromatic carbocycles. The van der Waals surface area contributed by atoms with Crippen molar-refractivity contribution in [3.63, 3.8) is 0 Å². The first-order valence-electron chi connectivity index (χ1n) is 5.24. The van der Waals surface area contributed by atoms with Gasteiger partial charge in [-0.25, -0.2) is 4.39 Å². The average molecular weight is 240 g/mol. The molecule has 1 aromatic rings. The lowest BCUT2D eigenvalue weighted by Crippen LogP contribution is -2.36. The second-order valence-electron chi connectivity index (χ2n) is 3.47. The lowest BCUT2D eigenvalue weighted by Gasteiger charge is -2.13. The maximum Gasteiger partial charge on any atom is 0.323 e. The number of hydrogen-bond acceptors (Lipinski definition) is 4. The number of nitrogens with one attached hydrogen (secondary N) is 1. The number of ether oxygens (including phenoxy) is 2. The molecule has 0 spiro atoms. The number of carbonyl (C=O) groups excluding carboxylic acids is 1. The van der Waals surface area contributed by atoms with Crippen LogP contribution in [0.4, 0.5) is 4.39 Å². The van der Waals surface area contributed by atoms with Crippen molar-refractivity contribution >= 4 is 5.97 Å².